The van der Waals surface area contributed by atoms with E-state index in [0.29, 0.717) is 6.16 Å². The van der Waals surface area contributed by atoms with E-state index >= 15 is 0 Å². The zero-order valence-corrected chi connectivity index (χ0v) is 12.1. The number of methoxy groups -OCH3 is 1. The van der Waals surface area contributed by atoms with Crippen LogP contribution < -0.4 is 4.74 Å². The zero-order valence-electron chi connectivity index (χ0n) is 11.2. The Morgan fingerprint density at radius 2 is 1.53 bits per heavy atom. The minimum Gasteiger partial charge on any atom is -0.497 e. The summed E-state index contributed by atoms with van der Waals surface area (Å²) in [6, 6.07) is 7.70. The molecule has 1 rings (SSSR count). The Balaban J connectivity index is 2.91. The van der Waals surface area contributed by atoms with Crippen LogP contribution in [0.3, 0.4) is 0 Å². The molecule has 1 aromatic rings. The van der Waals surface area contributed by atoms with Crippen molar-refractivity contribution in [2.45, 2.75) is 6.16 Å². The largest absolute Gasteiger partial charge is 0.497 e. The average Bonchev–Trinajstić information content (AvgIpc) is 2.29. The van der Waals surface area contributed by atoms with E-state index in [1.165, 1.54) is 0 Å². The van der Waals surface area contributed by atoms with E-state index in [9.17, 15) is 4.57 Å². The molecule has 0 spiro atoms. The molecule has 0 aliphatic heterocycles. The third-order valence-corrected chi connectivity index (χ3v) is 6.07. The zero-order chi connectivity index (χ0) is 13.1. The van der Waals surface area contributed by atoms with Gasteiger partial charge >= 0.3 is 0 Å². The summed E-state index contributed by atoms with van der Waals surface area (Å²) in [5.74, 6) is 0.818. The molecule has 0 radical (unpaired) electrons. The molecule has 0 aromatic heterocycles. The van der Waals surface area contributed by atoms with E-state index in [0.717, 1.165) is 11.3 Å². The Morgan fingerprint density at radius 1 is 1.06 bits per heavy atom. The molecule has 0 fully saturated rings. The maximum Gasteiger partial charge on any atom is 0.219 e. The summed E-state index contributed by atoms with van der Waals surface area (Å²) in [5.41, 5.74) is 1.05. The van der Waals surface area contributed by atoms with Crippen molar-refractivity contribution < 1.29 is 9.30 Å². The Labute approximate surface area is 104 Å². The molecular formula is C12H21N2O2P. The van der Waals surface area contributed by atoms with E-state index in [1.54, 1.807) is 16.5 Å². The van der Waals surface area contributed by atoms with Gasteiger partial charge in [0, 0.05) is 0 Å². The van der Waals surface area contributed by atoms with Crippen molar-refractivity contribution in [2.24, 2.45) is 0 Å². The minimum atomic E-state index is -2.48. The highest BCUT2D eigenvalue weighted by Gasteiger charge is 2.27. The van der Waals surface area contributed by atoms with Gasteiger partial charge in [0.15, 0.2) is 0 Å². The molecule has 0 atom stereocenters. The van der Waals surface area contributed by atoms with Crippen molar-refractivity contribution in [2.75, 3.05) is 35.3 Å². The smallest absolute Gasteiger partial charge is 0.219 e. The first-order chi connectivity index (χ1) is 7.90. The number of hydrogen-bond donors (Lipinski definition) is 0. The molecule has 0 saturated heterocycles. The van der Waals surface area contributed by atoms with E-state index in [-0.39, 0.29) is 0 Å². The third-order valence-electron chi connectivity index (χ3n) is 2.80. The van der Waals surface area contributed by atoms with Gasteiger partial charge in [-0.2, -0.15) is 0 Å². The second-order valence-corrected chi connectivity index (χ2v) is 7.61. The lowest BCUT2D eigenvalue weighted by Gasteiger charge is -2.30. The van der Waals surface area contributed by atoms with Gasteiger partial charge in [0.25, 0.3) is 0 Å². The summed E-state index contributed by atoms with van der Waals surface area (Å²) < 4.78 is 21.5. The van der Waals surface area contributed by atoms with Crippen molar-refractivity contribution in [3.8, 4) is 5.75 Å². The molecule has 4 nitrogen and oxygen atoms in total. The first kappa shape index (κ1) is 14.2. The lowest BCUT2D eigenvalue weighted by atomic mass is 10.2. The maximum atomic E-state index is 12.8. The van der Waals surface area contributed by atoms with Crippen molar-refractivity contribution in [3.05, 3.63) is 29.8 Å². The average molecular weight is 256 g/mol. The van der Waals surface area contributed by atoms with E-state index in [1.807, 2.05) is 52.5 Å². The molecule has 0 bridgehead atoms. The highest BCUT2D eigenvalue weighted by Crippen LogP contribution is 2.52. The van der Waals surface area contributed by atoms with Crippen LogP contribution in [0.2, 0.25) is 0 Å². The molecule has 0 saturated carbocycles. The molecule has 0 N–H and O–H groups in total. The number of nitrogens with zero attached hydrogens (tertiary/aromatic N) is 2. The summed E-state index contributed by atoms with van der Waals surface area (Å²) in [6.07, 6.45) is 0.539. The van der Waals surface area contributed by atoms with Crippen LogP contribution in [0.1, 0.15) is 5.56 Å². The summed E-state index contributed by atoms with van der Waals surface area (Å²) >= 11 is 0. The topological polar surface area (TPSA) is 32.8 Å². The summed E-state index contributed by atoms with van der Waals surface area (Å²) in [7, 11) is 6.56. The van der Waals surface area contributed by atoms with Crippen LogP contribution in [0.5, 0.6) is 5.75 Å². The molecule has 5 heteroatoms. The molecule has 96 valence electrons. The van der Waals surface area contributed by atoms with Gasteiger partial charge in [-0.1, -0.05) is 12.1 Å². The van der Waals surface area contributed by atoms with Crippen LogP contribution in [0.15, 0.2) is 24.3 Å². The van der Waals surface area contributed by atoms with Crippen LogP contribution >= 0.6 is 7.44 Å². The van der Waals surface area contributed by atoms with Crippen LogP contribution in [0.4, 0.5) is 0 Å². The van der Waals surface area contributed by atoms with Gasteiger partial charge in [-0.3, -0.25) is 4.57 Å². The van der Waals surface area contributed by atoms with E-state index in [4.69, 9.17) is 4.74 Å². The maximum absolute atomic E-state index is 12.8. The summed E-state index contributed by atoms with van der Waals surface area (Å²) in [4.78, 5) is 0. The normalized spacial score (nSPS) is 12.2. The molecule has 0 aliphatic carbocycles. The fourth-order valence-electron chi connectivity index (χ4n) is 1.61. The number of ether oxygens (including phenoxy) is 1. The summed E-state index contributed by atoms with van der Waals surface area (Å²) in [5, 5.41) is 0. The SMILES string of the molecule is COc1ccc(CP(=O)(N(C)C)N(C)C)cc1. The minimum absolute atomic E-state index is 0.539. The Kier molecular flexibility index (Phi) is 4.75. The fourth-order valence-corrected chi connectivity index (χ4v) is 3.58. The second-order valence-electron chi connectivity index (χ2n) is 4.37. The molecule has 0 unspecified atom stereocenters. The van der Waals surface area contributed by atoms with Crippen molar-refractivity contribution in [3.63, 3.8) is 0 Å². The summed E-state index contributed by atoms with van der Waals surface area (Å²) in [6.45, 7) is 0. The highest BCUT2D eigenvalue weighted by molar-refractivity contribution is 7.58. The predicted molar refractivity (Wildman–Crippen MR) is 71.7 cm³/mol. The number of rotatable bonds is 5. The molecule has 0 amide bonds. The Bertz CT molecular complexity index is 389. The highest BCUT2D eigenvalue weighted by atomic mass is 31.2. The van der Waals surface area contributed by atoms with E-state index in [2.05, 4.69) is 0 Å². The molecule has 17 heavy (non-hydrogen) atoms. The van der Waals surface area contributed by atoms with Crippen molar-refractivity contribution >= 4 is 7.44 Å². The quantitative estimate of drug-likeness (QED) is 0.758. The van der Waals surface area contributed by atoms with Gasteiger partial charge in [-0.25, -0.2) is 9.34 Å². The first-order valence-electron chi connectivity index (χ1n) is 5.47. The molecule has 0 aliphatic rings. The van der Waals surface area contributed by atoms with Crippen molar-refractivity contribution in [1.82, 2.24) is 9.34 Å². The Morgan fingerprint density at radius 3 is 1.88 bits per heavy atom. The van der Waals surface area contributed by atoms with Gasteiger partial charge in [0.2, 0.25) is 7.44 Å². The van der Waals surface area contributed by atoms with Gasteiger partial charge in [-0.05, 0) is 45.9 Å². The molecule has 0 heterocycles. The Hall–Kier alpha value is -0.830. The molecular weight excluding hydrogens is 235 g/mol. The monoisotopic (exact) mass is 256 g/mol. The number of benzene rings is 1. The standard InChI is InChI=1S/C12H21N2O2P/c1-13(2)17(15,14(3)4)10-11-6-8-12(16-5)9-7-11/h6-9H,10H2,1-5H3. The first-order valence-corrected chi connectivity index (χ1v) is 7.27. The van der Waals surface area contributed by atoms with Crippen LogP contribution in [-0.2, 0) is 10.7 Å². The van der Waals surface area contributed by atoms with Gasteiger partial charge in [0.05, 0.1) is 13.3 Å². The van der Waals surface area contributed by atoms with Gasteiger partial charge < -0.3 is 4.74 Å². The lowest BCUT2D eigenvalue weighted by Crippen LogP contribution is -2.22. The number of hydrogen-bond acceptors (Lipinski definition) is 2. The van der Waals surface area contributed by atoms with Crippen LogP contribution in [0, 0.1) is 0 Å². The third kappa shape index (κ3) is 3.32. The van der Waals surface area contributed by atoms with Gasteiger partial charge in [-0.15, -0.1) is 0 Å². The second kappa shape index (κ2) is 5.67. The van der Waals surface area contributed by atoms with Crippen molar-refractivity contribution in [1.29, 1.82) is 0 Å². The van der Waals surface area contributed by atoms with Crippen LogP contribution in [0.25, 0.3) is 0 Å². The lowest BCUT2D eigenvalue weighted by molar-refractivity contribution is 0.414. The molecule has 1 aromatic carbocycles. The van der Waals surface area contributed by atoms with E-state index < -0.39 is 7.44 Å². The predicted octanol–water partition coefficient (Wildman–Crippen LogP) is 2.51. The van der Waals surface area contributed by atoms with Crippen LogP contribution in [-0.4, -0.2) is 44.6 Å². The fraction of sp³-hybridized carbons (Fsp3) is 0.500. The van der Waals surface area contributed by atoms with Gasteiger partial charge in [0.1, 0.15) is 5.75 Å².